The Morgan fingerprint density at radius 2 is 2.11 bits per heavy atom. The zero-order valence-electron chi connectivity index (χ0n) is 11.2. The van der Waals surface area contributed by atoms with Gasteiger partial charge in [-0.05, 0) is 38.3 Å². The van der Waals surface area contributed by atoms with Gasteiger partial charge in [-0.15, -0.1) is 0 Å². The highest BCUT2D eigenvalue weighted by atomic mass is 79.9. The number of benzene rings is 1. The van der Waals surface area contributed by atoms with Gasteiger partial charge in [0.15, 0.2) is 0 Å². The fraction of sp³-hybridized carbons (Fsp3) is 0.600. The van der Waals surface area contributed by atoms with Crippen molar-refractivity contribution in [2.75, 3.05) is 13.1 Å². The molecule has 2 saturated heterocycles. The maximum absolute atomic E-state index is 14.1. The van der Waals surface area contributed by atoms with Gasteiger partial charge >= 0.3 is 0 Å². The first-order valence-corrected chi connectivity index (χ1v) is 7.88. The van der Waals surface area contributed by atoms with Gasteiger partial charge in [-0.25, -0.2) is 4.39 Å². The van der Waals surface area contributed by atoms with Gasteiger partial charge in [-0.2, -0.15) is 0 Å². The van der Waals surface area contributed by atoms with Crippen LogP contribution in [-0.4, -0.2) is 30.1 Å². The fourth-order valence-corrected chi connectivity index (χ4v) is 3.69. The number of nitrogens with zero attached hydrogens (tertiary/aromatic N) is 1. The Hall–Kier alpha value is -0.450. The van der Waals surface area contributed by atoms with E-state index >= 15 is 0 Å². The van der Waals surface area contributed by atoms with Crippen LogP contribution in [0.2, 0.25) is 0 Å². The summed E-state index contributed by atoms with van der Waals surface area (Å²) in [5.41, 5.74) is 0.806. The minimum atomic E-state index is -0.107. The molecule has 2 nitrogen and oxygen atoms in total. The largest absolute Gasteiger partial charge is 0.310 e. The third kappa shape index (κ3) is 2.86. The quantitative estimate of drug-likeness (QED) is 0.895. The lowest BCUT2D eigenvalue weighted by Crippen LogP contribution is -2.37. The van der Waals surface area contributed by atoms with Crippen LogP contribution in [0.15, 0.2) is 22.7 Å². The number of likely N-dealkylation sites (tertiary alicyclic amines) is 1. The zero-order chi connectivity index (χ0) is 13.4. The minimum absolute atomic E-state index is 0.107. The van der Waals surface area contributed by atoms with Crippen molar-refractivity contribution >= 4 is 15.9 Å². The number of hydrogen-bond acceptors (Lipinski definition) is 2. The summed E-state index contributed by atoms with van der Waals surface area (Å²) in [6.45, 7) is 4.21. The summed E-state index contributed by atoms with van der Waals surface area (Å²) in [5, 5.41) is 3.67. The molecular formula is C15H20BrFN2. The molecule has 4 heteroatoms. The van der Waals surface area contributed by atoms with Crippen molar-refractivity contribution in [3.63, 3.8) is 0 Å². The van der Waals surface area contributed by atoms with Gasteiger partial charge in [-0.1, -0.05) is 22.0 Å². The summed E-state index contributed by atoms with van der Waals surface area (Å²) in [6.07, 6.45) is 3.75. The van der Waals surface area contributed by atoms with E-state index in [-0.39, 0.29) is 11.9 Å². The molecule has 0 radical (unpaired) electrons. The normalized spacial score (nSPS) is 29.2. The van der Waals surface area contributed by atoms with Crippen molar-refractivity contribution in [2.45, 2.75) is 44.3 Å². The average Bonchev–Trinajstić information content (AvgIpc) is 2.68. The van der Waals surface area contributed by atoms with Crippen molar-refractivity contribution < 1.29 is 4.39 Å². The lowest BCUT2D eigenvalue weighted by atomic mass is 10.0. The number of halogens is 2. The first-order chi connectivity index (χ1) is 9.13. The van der Waals surface area contributed by atoms with Crippen LogP contribution in [0.25, 0.3) is 0 Å². The van der Waals surface area contributed by atoms with Crippen LogP contribution in [0.5, 0.6) is 0 Å². The van der Waals surface area contributed by atoms with E-state index in [1.54, 1.807) is 6.07 Å². The Morgan fingerprint density at radius 1 is 1.32 bits per heavy atom. The summed E-state index contributed by atoms with van der Waals surface area (Å²) < 4.78 is 14.9. The predicted octanol–water partition coefficient (Wildman–Crippen LogP) is 3.48. The average molecular weight is 327 g/mol. The second-order valence-electron chi connectivity index (χ2n) is 5.76. The molecule has 0 spiro atoms. The van der Waals surface area contributed by atoms with Crippen LogP contribution >= 0.6 is 15.9 Å². The summed E-state index contributed by atoms with van der Waals surface area (Å²) in [4.78, 5) is 2.42. The van der Waals surface area contributed by atoms with Gasteiger partial charge < -0.3 is 5.32 Å². The molecule has 2 heterocycles. The molecule has 19 heavy (non-hydrogen) atoms. The third-order valence-corrected chi connectivity index (χ3v) is 5.01. The third-order valence-electron chi connectivity index (χ3n) is 4.51. The highest BCUT2D eigenvalue weighted by molar-refractivity contribution is 9.10. The Morgan fingerprint density at radius 3 is 2.89 bits per heavy atom. The molecule has 1 N–H and O–H groups in total. The fourth-order valence-electron chi connectivity index (χ4n) is 3.36. The van der Waals surface area contributed by atoms with E-state index in [4.69, 9.17) is 0 Å². The van der Waals surface area contributed by atoms with E-state index in [1.165, 1.54) is 19.3 Å². The molecule has 3 rings (SSSR count). The lowest BCUT2D eigenvalue weighted by Gasteiger charge is -2.30. The summed E-state index contributed by atoms with van der Waals surface area (Å²) >= 11 is 3.32. The SMILES string of the molecule is CC(c1ccc(Br)cc1F)N1CCC2CCC(C1)N2. The Labute approximate surface area is 122 Å². The smallest absolute Gasteiger partial charge is 0.129 e. The Bertz CT molecular complexity index is 465. The first kappa shape index (κ1) is 13.5. The maximum atomic E-state index is 14.1. The molecule has 2 aliphatic rings. The molecule has 0 aliphatic carbocycles. The van der Waals surface area contributed by atoms with Crippen molar-refractivity contribution in [3.8, 4) is 0 Å². The van der Waals surface area contributed by atoms with Crippen molar-refractivity contribution in [2.24, 2.45) is 0 Å². The van der Waals surface area contributed by atoms with Crippen LogP contribution in [-0.2, 0) is 0 Å². The molecule has 2 fully saturated rings. The van der Waals surface area contributed by atoms with E-state index in [0.29, 0.717) is 12.1 Å². The van der Waals surface area contributed by atoms with Crippen LogP contribution in [0.4, 0.5) is 4.39 Å². The molecule has 0 aromatic heterocycles. The standard InChI is InChI=1S/C15H20BrFN2/c1-10(14-5-2-11(16)8-15(14)17)19-7-6-12-3-4-13(9-19)18-12/h2,5,8,10,12-13,18H,3-4,6-7,9H2,1H3. The van der Waals surface area contributed by atoms with Crippen molar-refractivity contribution in [3.05, 3.63) is 34.1 Å². The molecular weight excluding hydrogens is 307 g/mol. The Balaban J connectivity index is 1.77. The second-order valence-corrected chi connectivity index (χ2v) is 6.68. The molecule has 3 atom stereocenters. The second kappa shape index (κ2) is 5.51. The predicted molar refractivity (Wildman–Crippen MR) is 78.7 cm³/mol. The van der Waals surface area contributed by atoms with E-state index in [1.807, 2.05) is 12.1 Å². The number of hydrogen-bond donors (Lipinski definition) is 1. The van der Waals surface area contributed by atoms with Gasteiger partial charge in [-0.3, -0.25) is 4.90 Å². The molecule has 2 bridgehead atoms. The van der Waals surface area contributed by atoms with Gasteiger partial charge in [0.25, 0.3) is 0 Å². The zero-order valence-corrected chi connectivity index (χ0v) is 12.8. The van der Waals surface area contributed by atoms with Crippen LogP contribution in [0.3, 0.4) is 0 Å². The Kier molecular flexibility index (Phi) is 3.92. The molecule has 104 valence electrons. The monoisotopic (exact) mass is 326 g/mol. The van der Waals surface area contributed by atoms with Crippen molar-refractivity contribution in [1.29, 1.82) is 0 Å². The summed E-state index contributed by atoms with van der Waals surface area (Å²) in [5.74, 6) is -0.107. The number of fused-ring (bicyclic) bond motifs is 2. The van der Waals surface area contributed by atoms with Gasteiger partial charge in [0, 0.05) is 41.3 Å². The molecule has 0 amide bonds. The highest BCUT2D eigenvalue weighted by Gasteiger charge is 2.31. The molecule has 1 aromatic rings. The van der Waals surface area contributed by atoms with E-state index in [9.17, 15) is 4.39 Å². The summed E-state index contributed by atoms with van der Waals surface area (Å²) in [7, 11) is 0. The van der Waals surface area contributed by atoms with E-state index < -0.39 is 0 Å². The topological polar surface area (TPSA) is 15.3 Å². The van der Waals surface area contributed by atoms with E-state index in [0.717, 1.165) is 23.1 Å². The molecule has 0 saturated carbocycles. The van der Waals surface area contributed by atoms with E-state index in [2.05, 4.69) is 33.1 Å². The molecule has 3 unspecified atom stereocenters. The first-order valence-electron chi connectivity index (χ1n) is 7.08. The molecule has 1 aromatic carbocycles. The number of nitrogens with one attached hydrogen (secondary N) is 1. The van der Waals surface area contributed by atoms with Crippen LogP contribution in [0, 0.1) is 5.82 Å². The van der Waals surface area contributed by atoms with Gasteiger partial charge in [0.05, 0.1) is 0 Å². The maximum Gasteiger partial charge on any atom is 0.129 e. The van der Waals surface area contributed by atoms with Gasteiger partial charge in [0.2, 0.25) is 0 Å². The molecule has 2 aliphatic heterocycles. The van der Waals surface area contributed by atoms with Crippen molar-refractivity contribution in [1.82, 2.24) is 10.2 Å². The van der Waals surface area contributed by atoms with Crippen LogP contribution < -0.4 is 5.32 Å². The lowest BCUT2D eigenvalue weighted by molar-refractivity contribution is 0.196. The highest BCUT2D eigenvalue weighted by Crippen LogP contribution is 2.29. The van der Waals surface area contributed by atoms with Gasteiger partial charge in [0.1, 0.15) is 5.82 Å². The van der Waals surface area contributed by atoms with Crippen LogP contribution in [0.1, 0.15) is 37.8 Å². The summed E-state index contributed by atoms with van der Waals surface area (Å²) in [6, 6.07) is 6.81. The minimum Gasteiger partial charge on any atom is -0.310 e. The number of rotatable bonds is 2.